The maximum Gasteiger partial charge on any atom is 0.184 e. The smallest absolute Gasteiger partial charge is 0.184 e. The van der Waals surface area contributed by atoms with Crippen molar-refractivity contribution in [2.24, 2.45) is 9.98 Å². The van der Waals surface area contributed by atoms with Gasteiger partial charge in [-0.2, -0.15) is 0 Å². The van der Waals surface area contributed by atoms with Crippen LogP contribution in [0.4, 0.5) is 0 Å². The van der Waals surface area contributed by atoms with Gasteiger partial charge in [0.05, 0.1) is 0 Å². The van der Waals surface area contributed by atoms with Crippen molar-refractivity contribution in [3.05, 3.63) is 143 Å². The van der Waals surface area contributed by atoms with Gasteiger partial charge in [-0.3, -0.25) is 0 Å². The summed E-state index contributed by atoms with van der Waals surface area (Å²) in [5.41, 5.74) is 8.35. The third kappa shape index (κ3) is 7.67. The highest BCUT2D eigenvalue weighted by Crippen LogP contribution is 2.40. The second-order valence-electron chi connectivity index (χ2n) is 20.0. The molecule has 5 aromatic carbocycles. The molecular formula is C54H50N10O2. The summed E-state index contributed by atoms with van der Waals surface area (Å²) in [4.78, 5) is 48.4. The zero-order valence-electron chi connectivity index (χ0n) is 38.4. The zero-order chi connectivity index (χ0) is 46.3. The van der Waals surface area contributed by atoms with Crippen LogP contribution in [0.3, 0.4) is 0 Å². The highest BCUT2D eigenvalue weighted by molar-refractivity contribution is 6.07. The minimum atomic E-state index is -0.174. The van der Waals surface area contributed by atoms with Gasteiger partial charge in [0.15, 0.2) is 23.3 Å². The van der Waals surface area contributed by atoms with Gasteiger partial charge >= 0.3 is 0 Å². The SMILES string of the molecule is CC(C)(C)c1ccc2c(c1)-c1nc-2nc2[nH]c(nc3nc(nc4[nH]c(n1)c1ccc(C(C)(C)C)cc41)C(N=Cc1ccccc1O)=C3N=Cc1ccccc1O)c1ccc(C(C)(C)C)cc21. The maximum atomic E-state index is 10.8. The molecular weight excluding hydrogens is 821 g/mol. The topological polar surface area (TPSA) is 174 Å². The highest BCUT2D eigenvalue weighted by atomic mass is 16.3. The van der Waals surface area contributed by atoms with Crippen molar-refractivity contribution in [1.29, 1.82) is 0 Å². The number of hydrogen-bond acceptors (Lipinski definition) is 10. The molecule has 3 aromatic heterocycles. The fourth-order valence-electron chi connectivity index (χ4n) is 8.15. The number of aromatic nitrogens is 8. The van der Waals surface area contributed by atoms with Gasteiger partial charge in [0.2, 0.25) is 0 Å². The van der Waals surface area contributed by atoms with Crippen molar-refractivity contribution in [1.82, 2.24) is 39.9 Å². The summed E-state index contributed by atoms with van der Waals surface area (Å²) in [5.74, 6) is 1.59. The number of phenolic OH excluding ortho intramolecular Hbond substituents is 2. The number of hydrogen-bond donors (Lipinski definition) is 4. The lowest BCUT2D eigenvalue weighted by Gasteiger charge is -2.19. The number of H-pyrrole nitrogens is 2. The van der Waals surface area contributed by atoms with Gasteiger partial charge in [-0.25, -0.2) is 39.9 Å². The standard InChI is InChI=1S/C54H50N10O2/c1-52(2,3)31-18-21-34-37(24-31)47-57-44(34)58-48-38-25-32(53(4,5)6)20-23-36(38)46(61-48)62-50-42(55-27-29-14-10-12-16-40(29)65)43(56-28-30-15-11-13-17-41(30)66)51(64-50)63-49-39-26-33(54(7,8)9)19-22-35(39)45(59-47)60-49/h10-28,65-66H,1-9H3,(H2,57,58,59,60,61,62,63,64). The van der Waals surface area contributed by atoms with Crippen molar-refractivity contribution >= 4 is 68.0 Å². The average molecular weight is 871 g/mol. The van der Waals surface area contributed by atoms with Crippen molar-refractivity contribution < 1.29 is 10.2 Å². The quantitative estimate of drug-likeness (QED) is 0.126. The number of phenols is 2. The number of aromatic hydroxyl groups is 2. The van der Waals surface area contributed by atoms with E-state index in [0.29, 0.717) is 56.8 Å². The monoisotopic (exact) mass is 870 g/mol. The molecule has 66 heavy (non-hydrogen) atoms. The Kier molecular flexibility index (Phi) is 9.83. The lowest BCUT2D eigenvalue weighted by atomic mass is 9.85. The van der Waals surface area contributed by atoms with E-state index in [0.717, 1.165) is 49.4 Å². The molecule has 0 unspecified atom stereocenters. The second-order valence-corrected chi connectivity index (χ2v) is 20.0. The van der Waals surface area contributed by atoms with Gasteiger partial charge in [0.1, 0.15) is 45.5 Å². The summed E-state index contributed by atoms with van der Waals surface area (Å²) < 4.78 is 0. The van der Waals surface area contributed by atoms with Gasteiger partial charge in [-0.1, -0.05) is 123 Å². The molecule has 12 heteroatoms. The molecule has 4 N–H and O–H groups in total. The van der Waals surface area contributed by atoms with E-state index in [1.165, 1.54) is 0 Å². The van der Waals surface area contributed by atoms with E-state index in [4.69, 9.17) is 39.9 Å². The number of nitrogens with one attached hydrogen (secondary N) is 2. The Morgan fingerprint density at radius 1 is 0.409 bits per heavy atom. The van der Waals surface area contributed by atoms with Gasteiger partial charge in [0, 0.05) is 56.2 Å². The maximum absolute atomic E-state index is 10.8. The minimum absolute atomic E-state index is 0.0558. The summed E-state index contributed by atoms with van der Waals surface area (Å²) in [5, 5.41) is 25.0. The van der Waals surface area contributed by atoms with Crippen LogP contribution in [0.2, 0.25) is 0 Å². The number of benzene rings is 5. The molecule has 8 aromatic rings. The minimum Gasteiger partial charge on any atom is -0.507 e. The normalized spacial score (nSPS) is 13.5. The van der Waals surface area contributed by atoms with E-state index >= 15 is 0 Å². The Morgan fingerprint density at radius 2 is 0.788 bits per heavy atom. The van der Waals surface area contributed by atoms with E-state index in [1.807, 2.05) is 12.1 Å². The van der Waals surface area contributed by atoms with E-state index in [1.54, 1.807) is 48.8 Å². The Bertz CT molecular complexity index is 3570. The van der Waals surface area contributed by atoms with Crippen LogP contribution >= 0.6 is 0 Å². The summed E-state index contributed by atoms with van der Waals surface area (Å²) in [7, 11) is 0. The first kappa shape index (κ1) is 42.1. The number of nitrogens with zero attached hydrogens (tertiary/aromatic N) is 8. The Labute approximate surface area is 382 Å². The fraction of sp³-hybridized carbons (Fsp3) is 0.222. The van der Waals surface area contributed by atoms with E-state index in [2.05, 4.69) is 127 Å². The van der Waals surface area contributed by atoms with E-state index < -0.39 is 0 Å². The van der Waals surface area contributed by atoms with Gasteiger partial charge < -0.3 is 20.2 Å². The molecule has 8 bridgehead atoms. The van der Waals surface area contributed by atoms with Crippen LogP contribution in [0, 0.1) is 0 Å². The third-order valence-electron chi connectivity index (χ3n) is 12.1. The third-order valence-corrected chi connectivity index (χ3v) is 12.1. The average Bonchev–Trinajstić information content (AvgIpc) is 3.99. The van der Waals surface area contributed by atoms with Gasteiger partial charge in [-0.15, -0.1) is 0 Å². The molecule has 0 saturated carbocycles. The van der Waals surface area contributed by atoms with Gasteiger partial charge in [0.25, 0.3) is 0 Å². The Balaban J connectivity index is 1.37. The molecule has 0 saturated heterocycles. The predicted octanol–water partition coefficient (Wildman–Crippen LogP) is 11.9. The molecule has 2 aliphatic heterocycles. The van der Waals surface area contributed by atoms with Crippen LogP contribution in [-0.2, 0) is 16.2 Å². The molecule has 0 radical (unpaired) electrons. The summed E-state index contributed by atoms with van der Waals surface area (Å²) in [6.07, 6.45) is 3.12. The lowest BCUT2D eigenvalue weighted by molar-refractivity contribution is 0.474. The van der Waals surface area contributed by atoms with Crippen molar-refractivity contribution in [3.8, 4) is 34.3 Å². The second kappa shape index (κ2) is 15.4. The molecule has 0 spiro atoms. The number of para-hydroxylation sites is 2. The first-order chi connectivity index (χ1) is 31.4. The summed E-state index contributed by atoms with van der Waals surface area (Å²) in [6.45, 7) is 19.7. The Morgan fingerprint density at radius 3 is 1.24 bits per heavy atom. The summed E-state index contributed by atoms with van der Waals surface area (Å²) in [6, 6.07) is 33.0. The van der Waals surface area contributed by atoms with Crippen molar-refractivity contribution in [2.45, 2.75) is 78.6 Å². The largest absolute Gasteiger partial charge is 0.507 e. The van der Waals surface area contributed by atoms with Crippen molar-refractivity contribution in [3.63, 3.8) is 0 Å². The first-order valence-corrected chi connectivity index (χ1v) is 22.0. The molecule has 0 aliphatic carbocycles. The molecule has 10 rings (SSSR count). The molecule has 5 heterocycles. The van der Waals surface area contributed by atoms with Crippen molar-refractivity contribution in [2.75, 3.05) is 0 Å². The number of aromatic amines is 2. The molecule has 328 valence electrons. The summed E-state index contributed by atoms with van der Waals surface area (Å²) >= 11 is 0. The van der Waals surface area contributed by atoms with Crippen LogP contribution in [0.5, 0.6) is 11.5 Å². The molecule has 0 atom stereocenters. The van der Waals surface area contributed by atoms with Gasteiger partial charge in [-0.05, 0) is 75.4 Å². The van der Waals surface area contributed by atoms with Crippen LogP contribution in [0.25, 0.3) is 78.3 Å². The molecule has 0 amide bonds. The fourth-order valence-corrected chi connectivity index (χ4v) is 8.15. The zero-order valence-corrected chi connectivity index (χ0v) is 38.4. The number of rotatable bonds is 4. The van der Waals surface area contributed by atoms with Crippen LogP contribution in [-0.4, -0.2) is 62.5 Å². The van der Waals surface area contributed by atoms with E-state index in [9.17, 15) is 10.2 Å². The number of fused-ring (bicyclic) bond motifs is 17. The molecule has 12 nitrogen and oxygen atoms in total. The predicted molar refractivity (Wildman–Crippen MR) is 266 cm³/mol. The van der Waals surface area contributed by atoms with Crippen LogP contribution < -0.4 is 0 Å². The van der Waals surface area contributed by atoms with Crippen LogP contribution in [0.15, 0.2) is 113 Å². The first-order valence-electron chi connectivity index (χ1n) is 22.0. The number of aliphatic imine (C=N–C) groups is 2. The molecule has 0 fully saturated rings. The van der Waals surface area contributed by atoms with Crippen LogP contribution in [0.1, 0.15) is 102 Å². The highest BCUT2D eigenvalue weighted by Gasteiger charge is 2.27. The lowest BCUT2D eigenvalue weighted by Crippen LogP contribution is -2.10. The van der Waals surface area contributed by atoms with E-state index in [-0.39, 0.29) is 39.4 Å². The molecule has 2 aliphatic rings. The Hall–Kier alpha value is -7.86.